The van der Waals surface area contributed by atoms with Crippen LogP contribution in [0.25, 0.3) is 22.0 Å². The van der Waals surface area contributed by atoms with Gasteiger partial charge in [-0.2, -0.15) is 0 Å². The molecule has 2 heteroatoms. The molecule has 2 nitrogen and oxygen atoms in total. The van der Waals surface area contributed by atoms with E-state index in [2.05, 4.69) is 52.6 Å². The lowest BCUT2D eigenvalue weighted by Crippen LogP contribution is -1.91. The second-order valence-electron chi connectivity index (χ2n) is 4.28. The number of nitrogens with zero attached hydrogens (tertiary/aromatic N) is 1. The monoisotopic (exact) mass is 218 g/mol. The van der Waals surface area contributed by atoms with E-state index >= 15 is 0 Å². The summed E-state index contributed by atoms with van der Waals surface area (Å²) in [4.78, 5) is 7.55. The van der Waals surface area contributed by atoms with Crippen LogP contribution in [-0.4, -0.2) is 11.2 Å². The summed E-state index contributed by atoms with van der Waals surface area (Å²) in [5.41, 5.74) is 5.96. The van der Waals surface area contributed by atoms with Crippen LogP contribution in [0.1, 0.15) is 5.56 Å². The Morgan fingerprint density at radius 1 is 1.00 bits per heavy atom. The maximum Gasteiger partial charge on any atom is 0.0723 e. The lowest BCUT2D eigenvalue weighted by molar-refractivity contribution is 1.44. The number of para-hydroxylation sites is 1. The summed E-state index contributed by atoms with van der Waals surface area (Å²) in [5.74, 6) is 0. The summed E-state index contributed by atoms with van der Waals surface area (Å²) in [5, 5.41) is 1.26. The molecule has 0 atom stereocenters. The Morgan fingerprint density at radius 3 is 2.76 bits per heavy atom. The molecule has 0 spiro atoms. The molecule has 2 heterocycles. The molecule has 80 valence electrons. The van der Waals surface area contributed by atoms with E-state index in [9.17, 15) is 0 Å². The molecule has 1 aliphatic rings. The van der Waals surface area contributed by atoms with Crippen LogP contribution >= 0.6 is 0 Å². The van der Waals surface area contributed by atoms with Crippen LogP contribution in [0.3, 0.4) is 0 Å². The zero-order valence-corrected chi connectivity index (χ0v) is 9.14. The van der Waals surface area contributed by atoms with Crippen molar-refractivity contribution >= 4 is 22.8 Å². The lowest BCUT2D eigenvalue weighted by Gasteiger charge is -2.10. The molecular weight excluding hydrogens is 208 g/mol. The molecule has 0 unspecified atom stereocenters. The van der Waals surface area contributed by atoms with E-state index in [1.165, 1.54) is 27.6 Å². The molecular formula is C15H10N2. The first-order chi connectivity index (χ1) is 8.42. The summed E-state index contributed by atoms with van der Waals surface area (Å²) < 4.78 is 0. The van der Waals surface area contributed by atoms with Crippen molar-refractivity contribution in [1.82, 2.24) is 4.98 Å². The Morgan fingerprint density at radius 2 is 1.94 bits per heavy atom. The zero-order chi connectivity index (χ0) is 11.2. The van der Waals surface area contributed by atoms with E-state index in [1.54, 1.807) is 0 Å². The van der Waals surface area contributed by atoms with Crippen LogP contribution in [0.4, 0.5) is 5.69 Å². The predicted octanol–water partition coefficient (Wildman–Crippen LogP) is 3.90. The van der Waals surface area contributed by atoms with Gasteiger partial charge in [-0.15, -0.1) is 0 Å². The Hall–Kier alpha value is -2.35. The number of aliphatic imine (C=N–C) groups is 1. The molecule has 3 aromatic rings. The van der Waals surface area contributed by atoms with Gasteiger partial charge in [-0.3, -0.25) is 4.99 Å². The first-order valence-corrected chi connectivity index (χ1v) is 5.66. The largest absolute Gasteiger partial charge is 0.361 e. The molecule has 0 bridgehead atoms. The second kappa shape index (κ2) is 3.08. The zero-order valence-electron chi connectivity index (χ0n) is 9.14. The maximum absolute atomic E-state index is 4.25. The predicted molar refractivity (Wildman–Crippen MR) is 71.0 cm³/mol. The third-order valence-corrected chi connectivity index (χ3v) is 3.27. The van der Waals surface area contributed by atoms with E-state index in [-0.39, 0.29) is 0 Å². The molecule has 17 heavy (non-hydrogen) atoms. The highest BCUT2D eigenvalue weighted by atomic mass is 14.8. The maximum atomic E-state index is 4.25. The van der Waals surface area contributed by atoms with Crippen molar-refractivity contribution in [2.45, 2.75) is 0 Å². The molecule has 1 aromatic heterocycles. The van der Waals surface area contributed by atoms with Crippen molar-refractivity contribution in [2.24, 2.45) is 4.99 Å². The smallest absolute Gasteiger partial charge is 0.0723 e. The molecule has 0 fully saturated rings. The molecule has 1 aliphatic heterocycles. The van der Waals surface area contributed by atoms with Crippen molar-refractivity contribution in [3.05, 3.63) is 54.2 Å². The van der Waals surface area contributed by atoms with Gasteiger partial charge >= 0.3 is 0 Å². The number of aromatic nitrogens is 1. The molecule has 2 aromatic carbocycles. The summed E-state index contributed by atoms with van der Waals surface area (Å²) in [6, 6.07) is 14.8. The third kappa shape index (κ3) is 1.18. The average molecular weight is 218 g/mol. The summed E-state index contributed by atoms with van der Waals surface area (Å²) in [6.07, 6.45) is 3.96. The highest BCUT2D eigenvalue weighted by Crippen LogP contribution is 2.34. The van der Waals surface area contributed by atoms with Crippen molar-refractivity contribution in [3.8, 4) is 11.1 Å². The number of aromatic amines is 1. The van der Waals surface area contributed by atoms with Crippen LogP contribution < -0.4 is 0 Å². The van der Waals surface area contributed by atoms with Crippen LogP contribution in [0.5, 0.6) is 0 Å². The van der Waals surface area contributed by atoms with E-state index in [0.29, 0.717) is 0 Å². The fourth-order valence-corrected chi connectivity index (χ4v) is 2.32. The minimum atomic E-state index is 1.09. The number of benzene rings is 2. The van der Waals surface area contributed by atoms with Crippen molar-refractivity contribution in [1.29, 1.82) is 0 Å². The Kier molecular flexibility index (Phi) is 1.59. The normalized spacial score (nSPS) is 12.5. The standard InChI is InChI=1S/C15H10N2/c1-2-4-14-12(3-1)13(9-17-14)10-5-6-11-8-16-15(11)7-10/h1-9,17H. The van der Waals surface area contributed by atoms with Crippen LogP contribution in [-0.2, 0) is 0 Å². The minimum absolute atomic E-state index is 1.09. The highest BCUT2D eigenvalue weighted by molar-refractivity contribution is 6.00. The molecule has 4 rings (SSSR count). The lowest BCUT2D eigenvalue weighted by atomic mass is 10.0. The summed E-state index contributed by atoms with van der Waals surface area (Å²) in [6.45, 7) is 0. The number of rotatable bonds is 1. The number of H-pyrrole nitrogens is 1. The average Bonchev–Trinajstić information content (AvgIpc) is 2.75. The first-order valence-electron chi connectivity index (χ1n) is 5.66. The van der Waals surface area contributed by atoms with Crippen LogP contribution in [0, 0.1) is 0 Å². The van der Waals surface area contributed by atoms with Gasteiger partial charge in [0.15, 0.2) is 0 Å². The fraction of sp³-hybridized carbons (Fsp3) is 0. The van der Waals surface area contributed by atoms with Gasteiger partial charge in [0.05, 0.1) is 5.69 Å². The Bertz CT molecular complexity index is 750. The van der Waals surface area contributed by atoms with E-state index in [1.807, 2.05) is 12.3 Å². The minimum Gasteiger partial charge on any atom is -0.361 e. The SMILES string of the molecule is C1=Nc2cc(-c3c[nH]c4ccccc34)ccc21. The second-order valence-corrected chi connectivity index (χ2v) is 4.28. The van der Waals surface area contributed by atoms with E-state index < -0.39 is 0 Å². The summed E-state index contributed by atoms with van der Waals surface area (Å²) in [7, 11) is 0. The number of hydrogen-bond acceptors (Lipinski definition) is 1. The van der Waals surface area contributed by atoms with Crippen LogP contribution in [0.2, 0.25) is 0 Å². The molecule has 0 saturated heterocycles. The van der Waals surface area contributed by atoms with Gasteiger partial charge in [-0.1, -0.05) is 30.3 Å². The van der Waals surface area contributed by atoms with Gasteiger partial charge in [-0.25, -0.2) is 0 Å². The third-order valence-electron chi connectivity index (χ3n) is 3.27. The number of nitrogens with one attached hydrogen (secondary N) is 1. The number of fused-ring (bicyclic) bond motifs is 2. The van der Waals surface area contributed by atoms with Crippen molar-refractivity contribution < 1.29 is 0 Å². The first kappa shape index (κ1) is 8.76. The van der Waals surface area contributed by atoms with E-state index in [4.69, 9.17) is 0 Å². The fourth-order valence-electron chi connectivity index (χ4n) is 2.32. The Labute approximate surface area is 98.6 Å². The van der Waals surface area contributed by atoms with Crippen molar-refractivity contribution in [3.63, 3.8) is 0 Å². The molecule has 0 aliphatic carbocycles. The molecule has 1 N–H and O–H groups in total. The van der Waals surface area contributed by atoms with Crippen molar-refractivity contribution in [2.75, 3.05) is 0 Å². The van der Waals surface area contributed by atoms with Gasteiger partial charge in [0.2, 0.25) is 0 Å². The van der Waals surface area contributed by atoms with Gasteiger partial charge in [0, 0.05) is 34.4 Å². The van der Waals surface area contributed by atoms with E-state index in [0.717, 1.165) is 5.69 Å². The molecule has 0 saturated carbocycles. The molecule has 0 amide bonds. The van der Waals surface area contributed by atoms with Gasteiger partial charge in [-0.05, 0) is 17.7 Å². The molecule has 0 radical (unpaired) electrons. The van der Waals surface area contributed by atoms with Gasteiger partial charge in [0.25, 0.3) is 0 Å². The summed E-state index contributed by atoms with van der Waals surface area (Å²) >= 11 is 0. The van der Waals surface area contributed by atoms with Crippen LogP contribution in [0.15, 0.2) is 53.7 Å². The van der Waals surface area contributed by atoms with Gasteiger partial charge in [0.1, 0.15) is 0 Å². The Balaban J connectivity index is 1.97. The topological polar surface area (TPSA) is 28.1 Å². The number of hydrogen-bond donors (Lipinski definition) is 1. The quantitative estimate of drug-likeness (QED) is 0.502. The van der Waals surface area contributed by atoms with Gasteiger partial charge < -0.3 is 4.98 Å². The highest BCUT2D eigenvalue weighted by Gasteiger charge is 2.10.